The van der Waals surface area contributed by atoms with Crippen LogP contribution < -0.4 is 4.74 Å². The average Bonchev–Trinajstić information content (AvgIpc) is 2.59. The first-order chi connectivity index (χ1) is 12.6. The number of hydrogen-bond donors (Lipinski definition) is 0. The second kappa shape index (κ2) is 9.11. The zero-order valence-corrected chi connectivity index (χ0v) is 17.2. The quantitative estimate of drug-likeness (QED) is 0.789. The first-order valence-corrected chi connectivity index (χ1v) is 9.55. The summed E-state index contributed by atoms with van der Waals surface area (Å²) in [6.07, 6.45) is 1.60. The van der Waals surface area contributed by atoms with Crippen LogP contribution in [0.4, 0.5) is 4.79 Å². The van der Waals surface area contributed by atoms with Gasteiger partial charge in [-0.05, 0) is 58.6 Å². The van der Waals surface area contributed by atoms with Gasteiger partial charge in [0, 0.05) is 26.7 Å². The molecule has 2 amide bonds. The van der Waals surface area contributed by atoms with Crippen molar-refractivity contribution in [2.24, 2.45) is 5.92 Å². The fourth-order valence-corrected chi connectivity index (χ4v) is 3.11. The molecule has 2 rings (SSSR count). The molecular formula is C21H32N2O4. The predicted octanol–water partition coefficient (Wildman–Crippen LogP) is 3.48. The van der Waals surface area contributed by atoms with E-state index in [-0.39, 0.29) is 24.5 Å². The molecule has 1 saturated heterocycles. The monoisotopic (exact) mass is 376 g/mol. The SMILES string of the molecule is Cc1ccc(OCC(=O)N2CCCC(CN(C)C(=O)OC(C)(C)C)C2)cc1. The molecule has 0 spiro atoms. The Labute approximate surface area is 162 Å². The predicted molar refractivity (Wildman–Crippen MR) is 105 cm³/mol. The van der Waals surface area contributed by atoms with Gasteiger partial charge in [-0.2, -0.15) is 0 Å². The van der Waals surface area contributed by atoms with Gasteiger partial charge in [-0.3, -0.25) is 4.79 Å². The minimum Gasteiger partial charge on any atom is -0.484 e. The number of benzene rings is 1. The van der Waals surface area contributed by atoms with E-state index < -0.39 is 5.60 Å². The topological polar surface area (TPSA) is 59.1 Å². The minimum atomic E-state index is -0.507. The highest BCUT2D eigenvalue weighted by Crippen LogP contribution is 2.19. The van der Waals surface area contributed by atoms with Gasteiger partial charge in [-0.25, -0.2) is 4.79 Å². The number of carbonyl (C=O) groups is 2. The van der Waals surface area contributed by atoms with E-state index in [0.29, 0.717) is 18.8 Å². The Hall–Kier alpha value is -2.24. The van der Waals surface area contributed by atoms with Crippen LogP contribution in [0.5, 0.6) is 5.75 Å². The molecule has 150 valence electrons. The van der Waals surface area contributed by atoms with Crippen LogP contribution in [0.25, 0.3) is 0 Å². The van der Waals surface area contributed by atoms with Gasteiger partial charge in [0.15, 0.2) is 6.61 Å². The number of rotatable bonds is 5. The van der Waals surface area contributed by atoms with Crippen LogP contribution in [0.2, 0.25) is 0 Å². The van der Waals surface area contributed by atoms with E-state index in [0.717, 1.165) is 24.9 Å². The number of nitrogens with zero attached hydrogens (tertiary/aromatic N) is 2. The van der Waals surface area contributed by atoms with Gasteiger partial charge >= 0.3 is 6.09 Å². The Kier molecular flexibility index (Phi) is 7.11. The third-order valence-corrected chi connectivity index (χ3v) is 4.49. The highest BCUT2D eigenvalue weighted by molar-refractivity contribution is 5.78. The summed E-state index contributed by atoms with van der Waals surface area (Å²) in [5.74, 6) is 0.937. The van der Waals surface area contributed by atoms with Crippen LogP contribution in [-0.4, -0.2) is 60.7 Å². The normalized spacial score (nSPS) is 17.4. The van der Waals surface area contributed by atoms with E-state index in [9.17, 15) is 9.59 Å². The van der Waals surface area contributed by atoms with Crippen LogP contribution in [0.3, 0.4) is 0 Å². The van der Waals surface area contributed by atoms with Crippen molar-refractivity contribution in [2.75, 3.05) is 33.3 Å². The highest BCUT2D eigenvalue weighted by Gasteiger charge is 2.27. The van der Waals surface area contributed by atoms with Crippen LogP contribution in [0, 0.1) is 12.8 Å². The Bertz CT molecular complexity index is 637. The molecular weight excluding hydrogens is 344 g/mol. The summed E-state index contributed by atoms with van der Waals surface area (Å²) in [6.45, 7) is 9.58. The smallest absolute Gasteiger partial charge is 0.410 e. The summed E-state index contributed by atoms with van der Waals surface area (Å²) in [5.41, 5.74) is 0.648. The number of likely N-dealkylation sites (tertiary alicyclic amines) is 1. The van der Waals surface area contributed by atoms with Gasteiger partial charge in [0.05, 0.1) is 0 Å². The Morgan fingerprint density at radius 3 is 2.52 bits per heavy atom. The maximum Gasteiger partial charge on any atom is 0.410 e. The highest BCUT2D eigenvalue weighted by atomic mass is 16.6. The maximum atomic E-state index is 12.5. The number of amides is 2. The molecule has 0 N–H and O–H groups in total. The number of piperidine rings is 1. The van der Waals surface area contributed by atoms with Crippen molar-refractivity contribution in [3.05, 3.63) is 29.8 Å². The van der Waals surface area contributed by atoms with Crippen molar-refractivity contribution in [2.45, 2.75) is 46.1 Å². The Morgan fingerprint density at radius 2 is 1.89 bits per heavy atom. The summed E-state index contributed by atoms with van der Waals surface area (Å²) in [6, 6.07) is 7.67. The molecule has 0 radical (unpaired) electrons. The molecule has 6 heteroatoms. The number of ether oxygens (including phenoxy) is 2. The van der Waals surface area contributed by atoms with E-state index >= 15 is 0 Å². The van der Waals surface area contributed by atoms with Gasteiger partial charge < -0.3 is 19.3 Å². The van der Waals surface area contributed by atoms with Crippen LogP contribution in [0.15, 0.2) is 24.3 Å². The maximum absolute atomic E-state index is 12.5. The van der Waals surface area contributed by atoms with Crippen molar-refractivity contribution in [3.8, 4) is 5.75 Å². The van der Waals surface area contributed by atoms with Gasteiger partial charge in [0.1, 0.15) is 11.4 Å². The third-order valence-electron chi connectivity index (χ3n) is 4.49. The van der Waals surface area contributed by atoms with E-state index in [4.69, 9.17) is 9.47 Å². The number of carbonyl (C=O) groups excluding carboxylic acids is 2. The summed E-state index contributed by atoms with van der Waals surface area (Å²) in [4.78, 5) is 28.1. The number of hydrogen-bond acceptors (Lipinski definition) is 4. The van der Waals surface area contributed by atoms with Crippen molar-refractivity contribution in [1.82, 2.24) is 9.80 Å². The van der Waals surface area contributed by atoms with Crippen molar-refractivity contribution >= 4 is 12.0 Å². The molecule has 1 unspecified atom stereocenters. The molecule has 1 aliphatic heterocycles. The average molecular weight is 376 g/mol. The molecule has 1 fully saturated rings. The molecule has 1 aromatic carbocycles. The molecule has 0 aliphatic carbocycles. The van der Waals surface area contributed by atoms with Gasteiger partial charge in [0.2, 0.25) is 0 Å². The lowest BCUT2D eigenvalue weighted by Gasteiger charge is -2.35. The molecule has 1 atom stereocenters. The summed E-state index contributed by atoms with van der Waals surface area (Å²) in [5, 5.41) is 0. The third kappa shape index (κ3) is 7.12. The molecule has 0 bridgehead atoms. The second-order valence-corrected chi connectivity index (χ2v) is 8.31. The number of aryl methyl sites for hydroxylation is 1. The fraction of sp³-hybridized carbons (Fsp3) is 0.619. The zero-order chi connectivity index (χ0) is 20.0. The first-order valence-electron chi connectivity index (χ1n) is 9.55. The van der Waals surface area contributed by atoms with E-state index in [1.807, 2.05) is 56.9 Å². The van der Waals surface area contributed by atoms with E-state index in [1.54, 1.807) is 11.9 Å². The lowest BCUT2D eigenvalue weighted by molar-refractivity contribution is -0.135. The van der Waals surface area contributed by atoms with Gasteiger partial charge in [-0.1, -0.05) is 17.7 Å². The van der Waals surface area contributed by atoms with Crippen molar-refractivity contribution in [1.29, 1.82) is 0 Å². The minimum absolute atomic E-state index is 0.0137. The molecule has 6 nitrogen and oxygen atoms in total. The first kappa shape index (κ1) is 21.1. The molecule has 0 aromatic heterocycles. The molecule has 1 heterocycles. The zero-order valence-electron chi connectivity index (χ0n) is 17.2. The van der Waals surface area contributed by atoms with Crippen molar-refractivity contribution < 1.29 is 19.1 Å². The molecule has 1 aliphatic rings. The summed E-state index contributed by atoms with van der Waals surface area (Å²) < 4.78 is 11.0. The van der Waals surface area contributed by atoms with Gasteiger partial charge in [-0.15, -0.1) is 0 Å². The molecule has 1 aromatic rings. The second-order valence-electron chi connectivity index (χ2n) is 8.31. The van der Waals surface area contributed by atoms with Gasteiger partial charge in [0.25, 0.3) is 5.91 Å². The lowest BCUT2D eigenvalue weighted by Crippen LogP contribution is -2.46. The van der Waals surface area contributed by atoms with Crippen LogP contribution in [-0.2, 0) is 9.53 Å². The lowest BCUT2D eigenvalue weighted by atomic mass is 9.97. The standard InChI is InChI=1S/C21H32N2O4/c1-16-8-10-18(11-9-16)26-15-19(24)23-12-6-7-17(14-23)13-22(5)20(25)27-21(2,3)4/h8-11,17H,6-7,12-15H2,1-5H3. The largest absolute Gasteiger partial charge is 0.484 e. The molecule has 0 saturated carbocycles. The Morgan fingerprint density at radius 1 is 1.22 bits per heavy atom. The van der Waals surface area contributed by atoms with Crippen LogP contribution >= 0.6 is 0 Å². The van der Waals surface area contributed by atoms with E-state index in [2.05, 4.69) is 0 Å². The Balaban J connectivity index is 1.81. The summed E-state index contributed by atoms with van der Waals surface area (Å²) >= 11 is 0. The van der Waals surface area contributed by atoms with Crippen LogP contribution in [0.1, 0.15) is 39.2 Å². The van der Waals surface area contributed by atoms with E-state index in [1.165, 1.54) is 0 Å². The molecule has 27 heavy (non-hydrogen) atoms. The van der Waals surface area contributed by atoms with Crippen molar-refractivity contribution in [3.63, 3.8) is 0 Å². The fourth-order valence-electron chi connectivity index (χ4n) is 3.11. The summed E-state index contributed by atoms with van der Waals surface area (Å²) in [7, 11) is 1.75.